The molecule has 5 rings (SSSR count). The van der Waals surface area contributed by atoms with Crippen LogP contribution in [0, 0.1) is 10.1 Å². The van der Waals surface area contributed by atoms with Crippen molar-refractivity contribution in [2.24, 2.45) is 0 Å². The molecule has 1 fully saturated rings. The lowest BCUT2D eigenvalue weighted by molar-refractivity contribution is -0.445. The number of Topliss-reactive ketones (excluding diaryl/α,β-unsaturated/α-hetero) is 1. The minimum atomic E-state index is -2.65. The zero-order valence-corrected chi connectivity index (χ0v) is 14.8. The molecule has 28 heavy (non-hydrogen) atoms. The van der Waals surface area contributed by atoms with Gasteiger partial charge in [-0.2, -0.15) is 0 Å². The fourth-order valence-electron chi connectivity index (χ4n) is 4.68. The topological polar surface area (TPSA) is 107 Å². The number of hydrogen-bond acceptors (Lipinski definition) is 7. The SMILES string of the molecule is O=C1c2ccccc2C2(O)N3CCN(Cc4ccccc4)C3=C([N+](=O)[O-])C12O. The molecule has 2 aromatic carbocycles. The van der Waals surface area contributed by atoms with E-state index in [4.69, 9.17) is 0 Å². The summed E-state index contributed by atoms with van der Waals surface area (Å²) in [6.45, 7) is 1.04. The Labute approximate surface area is 160 Å². The van der Waals surface area contributed by atoms with E-state index in [1.165, 1.54) is 17.0 Å². The van der Waals surface area contributed by atoms with E-state index in [2.05, 4.69) is 0 Å². The molecule has 2 unspecified atom stereocenters. The highest BCUT2D eigenvalue weighted by Crippen LogP contribution is 2.58. The van der Waals surface area contributed by atoms with Crippen LogP contribution in [0.15, 0.2) is 66.1 Å². The van der Waals surface area contributed by atoms with E-state index in [-0.39, 0.29) is 23.5 Å². The summed E-state index contributed by atoms with van der Waals surface area (Å²) in [6.07, 6.45) is 0. The van der Waals surface area contributed by atoms with Gasteiger partial charge in [0, 0.05) is 30.8 Å². The molecule has 0 spiro atoms. The predicted octanol–water partition coefficient (Wildman–Crippen LogP) is 1.04. The number of carbonyl (C=O) groups excluding carboxylic acids is 1. The van der Waals surface area contributed by atoms with Crippen molar-refractivity contribution in [3.05, 3.63) is 92.9 Å². The van der Waals surface area contributed by atoms with E-state index in [1.807, 2.05) is 30.3 Å². The van der Waals surface area contributed by atoms with E-state index in [9.17, 15) is 25.1 Å². The molecular weight excluding hydrogens is 362 g/mol. The number of rotatable bonds is 3. The van der Waals surface area contributed by atoms with Crippen LogP contribution >= 0.6 is 0 Å². The van der Waals surface area contributed by atoms with Crippen LogP contribution < -0.4 is 0 Å². The van der Waals surface area contributed by atoms with Crippen molar-refractivity contribution in [2.75, 3.05) is 13.1 Å². The second kappa shape index (κ2) is 5.40. The number of carbonyl (C=O) groups is 1. The molecule has 0 radical (unpaired) electrons. The second-order valence-electron chi connectivity index (χ2n) is 7.25. The third kappa shape index (κ3) is 1.78. The summed E-state index contributed by atoms with van der Waals surface area (Å²) in [5, 5.41) is 34.9. The monoisotopic (exact) mass is 379 g/mol. The molecule has 0 amide bonds. The molecule has 2 aliphatic heterocycles. The van der Waals surface area contributed by atoms with Crippen LogP contribution in [-0.2, 0) is 12.3 Å². The lowest BCUT2D eigenvalue weighted by Crippen LogP contribution is -2.57. The highest BCUT2D eigenvalue weighted by atomic mass is 16.6. The van der Waals surface area contributed by atoms with E-state index in [0.29, 0.717) is 13.1 Å². The first kappa shape index (κ1) is 16.9. The van der Waals surface area contributed by atoms with Gasteiger partial charge >= 0.3 is 5.70 Å². The van der Waals surface area contributed by atoms with Crippen molar-refractivity contribution in [3.8, 4) is 0 Å². The molecule has 2 heterocycles. The van der Waals surface area contributed by atoms with Crippen LogP contribution in [0.3, 0.4) is 0 Å². The van der Waals surface area contributed by atoms with Gasteiger partial charge in [-0.1, -0.05) is 54.6 Å². The predicted molar refractivity (Wildman–Crippen MR) is 97.2 cm³/mol. The van der Waals surface area contributed by atoms with Gasteiger partial charge in [0.15, 0.2) is 5.82 Å². The molecule has 142 valence electrons. The molecule has 1 saturated heterocycles. The minimum absolute atomic E-state index is 0.0988. The fourth-order valence-corrected chi connectivity index (χ4v) is 4.68. The van der Waals surface area contributed by atoms with Crippen LogP contribution in [0.2, 0.25) is 0 Å². The van der Waals surface area contributed by atoms with Crippen LogP contribution in [0.25, 0.3) is 0 Å². The highest BCUT2D eigenvalue weighted by molar-refractivity contribution is 6.10. The molecule has 0 bridgehead atoms. The summed E-state index contributed by atoms with van der Waals surface area (Å²) in [7, 11) is 0. The minimum Gasteiger partial charge on any atom is -0.368 e. The molecule has 1 aliphatic carbocycles. The molecular formula is C20H17N3O5. The van der Waals surface area contributed by atoms with Crippen molar-refractivity contribution in [3.63, 3.8) is 0 Å². The average Bonchev–Trinajstić information content (AvgIpc) is 3.23. The Bertz CT molecular complexity index is 1050. The van der Waals surface area contributed by atoms with Gasteiger partial charge in [-0.15, -0.1) is 0 Å². The van der Waals surface area contributed by atoms with Crippen molar-refractivity contribution < 1.29 is 19.9 Å². The van der Waals surface area contributed by atoms with Gasteiger partial charge in [0.05, 0.1) is 4.92 Å². The van der Waals surface area contributed by atoms with Crippen LogP contribution in [0.4, 0.5) is 0 Å². The van der Waals surface area contributed by atoms with Gasteiger partial charge in [-0.25, -0.2) is 0 Å². The van der Waals surface area contributed by atoms with E-state index in [1.54, 1.807) is 17.0 Å². The molecule has 8 heteroatoms. The lowest BCUT2D eigenvalue weighted by atomic mass is 9.89. The van der Waals surface area contributed by atoms with Crippen molar-refractivity contribution in [2.45, 2.75) is 17.9 Å². The maximum absolute atomic E-state index is 13.0. The zero-order valence-electron chi connectivity index (χ0n) is 14.8. The van der Waals surface area contributed by atoms with E-state index in [0.717, 1.165) is 5.56 Å². The highest BCUT2D eigenvalue weighted by Gasteiger charge is 2.78. The first-order valence-corrected chi connectivity index (χ1v) is 8.95. The third-order valence-corrected chi connectivity index (χ3v) is 5.87. The first-order chi connectivity index (χ1) is 13.4. The van der Waals surface area contributed by atoms with Crippen molar-refractivity contribution in [1.29, 1.82) is 0 Å². The quantitative estimate of drug-likeness (QED) is 0.606. The summed E-state index contributed by atoms with van der Waals surface area (Å²) in [6, 6.07) is 15.7. The Balaban J connectivity index is 1.69. The van der Waals surface area contributed by atoms with Gasteiger partial charge in [0.2, 0.25) is 11.5 Å². The largest absolute Gasteiger partial charge is 0.368 e. The number of benzene rings is 2. The Morgan fingerprint density at radius 3 is 2.43 bits per heavy atom. The zero-order chi connectivity index (χ0) is 19.7. The number of nitrogens with zero attached hydrogens (tertiary/aromatic N) is 3. The van der Waals surface area contributed by atoms with Crippen molar-refractivity contribution >= 4 is 5.78 Å². The Hall–Kier alpha value is -3.23. The molecule has 0 aromatic heterocycles. The van der Waals surface area contributed by atoms with Crippen LogP contribution in [0.1, 0.15) is 21.5 Å². The Kier molecular flexibility index (Phi) is 3.26. The van der Waals surface area contributed by atoms with E-state index >= 15 is 0 Å². The molecule has 3 aliphatic rings. The lowest BCUT2D eigenvalue weighted by Gasteiger charge is -2.36. The molecule has 2 aromatic rings. The van der Waals surface area contributed by atoms with Gasteiger partial charge < -0.3 is 20.0 Å². The molecule has 2 N–H and O–H groups in total. The Morgan fingerprint density at radius 1 is 1.04 bits per heavy atom. The summed E-state index contributed by atoms with van der Waals surface area (Å²) < 4.78 is 0. The number of fused-ring (bicyclic) bond motifs is 5. The number of ketones is 1. The number of nitro groups is 1. The summed E-state index contributed by atoms with van der Waals surface area (Å²) in [4.78, 5) is 27.4. The molecule has 0 saturated carbocycles. The number of aliphatic hydroxyl groups is 2. The van der Waals surface area contributed by atoms with Crippen molar-refractivity contribution in [1.82, 2.24) is 9.80 Å². The standard InChI is InChI=1S/C20H17N3O5/c24-17-14-8-4-5-9-15(14)20(26)19(17,25)16(23(27)28)18-21(10-11-22(18)20)12-13-6-2-1-3-7-13/h1-9,25-26H,10-12H2. The fraction of sp³-hybridized carbons (Fsp3) is 0.250. The smallest absolute Gasteiger partial charge is 0.331 e. The summed E-state index contributed by atoms with van der Waals surface area (Å²) in [5.74, 6) is -0.749. The third-order valence-electron chi connectivity index (χ3n) is 5.87. The summed E-state index contributed by atoms with van der Waals surface area (Å²) >= 11 is 0. The molecule has 8 nitrogen and oxygen atoms in total. The van der Waals surface area contributed by atoms with Gasteiger partial charge in [-0.3, -0.25) is 14.9 Å². The average molecular weight is 379 g/mol. The summed E-state index contributed by atoms with van der Waals surface area (Å²) in [5.41, 5.74) is -4.27. The van der Waals surface area contributed by atoms with Crippen LogP contribution in [0.5, 0.6) is 0 Å². The maximum atomic E-state index is 13.0. The second-order valence-corrected chi connectivity index (χ2v) is 7.25. The van der Waals surface area contributed by atoms with E-state index < -0.39 is 27.7 Å². The van der Waals surface area contributed by atoms with Gasteiger partial charge in [0.1, 0.15) is 0 Å². The van der Waals surface area contributed by atoms with Gasteiger partial charge in [-0.05, 0) is 5.56 Å². The van der Waals surface area contributed by atoms with Crippen LogP contribution in [-0.4, -0.2) is 49.4 Å². The first-order valence-electron chi connectivity index (χ1n) is 8.95. The number of hydrogen-bond donors (Lipinski definition) is 2. The van der Waals surface area contributed by atoms with Gasteiger partial charge in [0.25, 0.3) is 5.60 Å². The molecule has 2 atom stereocenters. The maximum Gasteiger partial charge on any atom is 0.331 e. The normalized spacial score (nSPS) is 27.9. The Morgan fingerprint density at radius 2 is 1.71 bits per heavy atom.